The number of phenols is 1. The van der Waals surface area contributed by atoms with E-state index in [9.17, 15) is 5.11 Å². The van der Waals surface area contributed by atoms with E-state index in [0.717, 1.165) is 39.3 Å². The Bertz CT molecular complexity index is 2260. The van der Waals surface area contributed by atoms with E-state index < -0.39 is 0 Å². The van der Waals surface area contributed by atoms with Gasteiger partial charge in [0, 0.05) is 46.2 Å². The first kappa shape index (κ1) is 24.2. The van der Waals surface area contributed by atoms with E-state index in [0.29, 0.717) is 0 Å². The Morgan fingerprint density at radius 2 is 1.33 bits per heavy atom. The summed E-state index contributed by atoms with van der Waals surface area (Å²) in [6, 6.07) is 43.6. The zero-order chi connectivity index (χ0) is 28.2. The van der Waals surface area contributed by atoms with Gasteiger partial charge < -0.3 is 14.7 Å². The molecule has 0 saturated heterocycles. The van der Waals surface area contributed by atoms with Gasteiger partial charge >= 0.3 is 0 Å². The fourth-order valence-corrected chi connectivity index (χ4v) is 6.29. The van der Waals surface area contributed by atoms with Crippen LogP contribution in [-0.4, -0.2) is 17.2 Å². The number of hydrogen-bond donors (Lipinski definition) is 1. The van der Waals surface area contributed by atoms with Gasteiger partial charge in [-0.2, -0.15) is 0 Å². The quantitative estimate of drug-likeness (QED) is 0.174. The minimum absolute atomic E-state index is 0.216. The number of aromatic nitrogens is 1. The first-order valence-electron chi connectivity index (χ1n) is 14.0. The van der Waals surface area contributed by atoms with Crippen LogP contribution in [0.25, 0.3) is 54.3 Å². The van der Waals surface area contributed by atoms with Gasteiger partial charge in [-0.3, -0.25) is 4.98 Å². The number of fused-ring (bicyclic) bond motifs is 2. The largest absolute Gasteiger partial charge is 0.508 e. The van der Waals surface area contributed by atoms with Crippen molar-refractivity contribution in [3.05, 3.63) is 134 Å². The Morgan fingerprint density at radius 3 is 2.17 bits per heavy atom. The summed E-state index contributed by atoms with van der Waals surface area (Å²) in [7, 11) is 1.67. The van der Waals surface area contributed by atoms with Gasteiger partial charge in [-0.1, -0.05) is 66.7 Å². The third-order valence-corrected chi connectivity index (χ3v) is 8.19. The molecule has 8 aromatic rings. The maximum Gasteiger partial charge on any atom is 0.120 e. The Kier molecular flexibility index (Phi) is 5.47. The summed E-state index contributed by atoms with van der Waals surface area (Å²) in [6.45, 7) is 0. The molecule has 7 aromatic carbocycles. The number of pyridine rings is 1. The van der Waals surface area contributed by atoms with Gasteiger partial charge in [0.05, 0.1) is 12.6 Å². The van der Waals surface area contributed by atoms with E-state index in [1.54, 1.807) is 19.2 Å². The Balaban J connectivity index is 1.28. The molecule has 0 aliphatic carbocycles. The van der Waals surface area contributed by atoms with Crippen LogP contribution in [0.15, 0.2) is 134 Å². The van der Waals surface area contributed by atoms with Gasteiger partial charge in [0.2, 0.25) is 0 Å². The highest BCUT2D eigenvalue weighted by Crippen LogP contribution is 2.43. The number of ether oxygens (including phenoxy) is 1. The molecule has 0 spiro atoms. The van der Waals surface area contributed by atoms with Gasteiger partial charge in [0.25, 0.3) is 0 Å². The zero-order valence-electron chi connectivity index (χ0n) is 23.0. The third-order valence-electron chi connectivity index (χ3n) is 8.19. The Hall–Kier alpha value is -5.61. The van der Waals surface area contributed by atoms with Crippen LogP contribution in [0.5, 0.6) is 11.5 Å². The smallest absolute Gasteiger partial charge is 0.120 e. The summed E-state index contributed by atoms with van der Waals surface area (Å²) >= 11 is 0. The summed E-state index contributed by atoms with van der Waals surface area (Å²) in [5, 5.41) is 18.8. The number of phenolic OH excluding ortho intramolecular Hbond substituents is 1. The molecule has 4 heteroatoms. The standard InChI is InChI=1S/C38H26N2O2/c1-42-32-9-3-7-30(23-32)40(29-6-2-8-31(41)22-29)28-15-12-24(13-16-28)33-17-14-25-10-11-26-21-27-5-4-20-39-38(27)35-19-18-34(33)36(25)37(26)35/h2-23,41H,1H3. The van der Waals surface area contributed by atoms with Crippen LogP contribution in [0.1, 0.15) is 0 Å². The zero-order valence-corrected chi connectivity index (χ0v) is 23.0. The summed E-state index contributed by atoms with van der Waals surface area (Å²) in [5.74, 6) is 0.986. The minimum Gasteiger partial charge on any atom is -0.508 e. The molecular formula is C38H26N2O2. The SMILES string of the molecule is COc1cccc(N(c2ccc(-c3ccc4ccc5cc6cccnc6c6ccc3c4c56)cc2)c2cccc(O)c2)c1. The highest BCUT2D eigenvalue weighted by molar-refractivity contribution is 6.29. The van der Waals surface area contributed by atoms with Crippen molar-refractivity contribution in [2.75, 3.05) is 12.0 Å². The molecular weight excluding hydrogens is 516 g/mol. The predicted molar refractivity (Wildman–Crippen MR) is 174 cm³/mol. The lowest BCUT2D eigenvalue weighted by molar-refractivity contribution is 0.415. The number of nitrogens with zero attached hydrogens (tertiary/aromatic N) is 2. The fraction of sp³-hybridized carbons (Fsp3) is 0.0263. The molecule has 1 N–H and O–H groups in total. The van der Waals surface area contributed by atoms with Crippen LogP contribution in [0, 0.1) is 0 Å². The first-order valence-corrected chi connectivity index (χ1v) is 14.0. The monoisotopic (exact) mass is 542 g/mol. The molecule has 0 amide bonds. The molecule has 0 bridgehead atoms. The van der Waals surface area contributed by atoms with Crippen molar-refractivity contribution < 1.29 is 9.84 Å². The van der Waals surface area contributed by atoms with E-state index in [4.69, 9.17) is 9.72 Å². The summed E-state index contributed by atoms with van der Waals surface area (Å²) in [5.41, 5.74) is 6.15. The second-order valence-electron chi connectivity index (χ2n) is 10.6. The number of aromatic hydroxyl groups is 1. The number of hydrogen-bond acceptors (Lipinski definition) is 4. The number of benzene rings is 7. The normalized spacial score (nSPS) is 11.5. The molecule has 0 saturated carbocycles. The van der Waals surface area contributed by atoms with E-state index >= 15 is 0 Å². The van der Waals surface area contributed by atoms with Crippen molar-refractivity contribution >= 4 is 60.3 Å². The third kappa shape index (κ3) is 3.80. The van der Waals surface area contributed by atoms with Crippen molar-refractivity contribution in [3.63, 3.8) is 0 Å². The molecule has 0 radical (unpaired) electrons. The number of rotatable bonds is 5. The second kappa shape index (κ2) is 9.50. The molecule has 0 unspecified atom stereocenters. The van der Waals surface area contributed by atoms with Gasteiger partial charge in [0.1, 0.15) is 11.5 Å². The molecule has 0 aliphatic rings. The van der Waals surface area contributed by atoms with Crippen molar-refractivity contribution in [1.82, 2.24) is 4.98 Å². The van der Waals surface area contributed by atoms with E-state index in [1.165, 1.54) is 37.9 Å². The van der Waals surface area contributed by atoms with Gasteiger partial charge in [0.15, 0.2) is 0 Å². The average molecular weight is 543 g/mol. The maximum atomic E-state index is 10.3. The van der Waals surface area contributed by atoms with Crippen LogP contribution in [0.3, 0.4) is 0 Å². The van der Waals surface area contributed by atoms with Crippen LogP contribution in [-0.2, 0) is 0 Å². The van der Waals surface area contributed by atoms with Crippen molar-refractivity contribution in [2.45, 2.75) is 0 Å². The topological polar surface area (TPSA) is 45.6 Å². The van der Waals surface area contributed by atoms with Crippen LogP contribution in [0.2, 0.25) is 0 Å². The molecule has 8 rings (SSSR count). The second-order valence-corrected chi connectivity index (χ2v) is 10.6. The number of methoxy groups -OCH3 is 1. The molecule has 0 atom stereocenters. The first-order chi connectivity index (χ1) is 20.7. The van der Waals surface area contributed by atoms with Crippen LogP contribution < -0.4 is 9.64 Å². The number of anilines is 3. The molecule has 42 heavy (non-hydrogen) atoms. The fourth-order valence-electron chi connectivity index (χ4n) is 6.29. The molecule has 200 valence electrons. The highest BCUT2D eigenvalue weighted by Gasteiger charge is 2.17. The summed E-state index contributed by atoms with van der Waals surface area (Å²) in [4.78, 5) is 6.85. The molecule has 4 nitrogen and oxygen atoms in total. The summed E-state index contributed by atoms with van der Waals surface area (Å²) in [6.07, 6.45) is 1.87. The van der Waals surface area contributed by atoms with Crippen LogP contribution in [0.4, 0.5) is 17.1 Å². The molecule has 1 aromatic heterocycles. The Morgan fingerprint density at radius 1 is 0.595 bits per heavy atom. The molecule has 0 aliphatic heterocycles. The van der Waals surface area contributed by atoms with Crippen LogP contribution >= 0.6 is 0 Å². The van der Waals surface area contributed by atoms with Gasteiger partial charge in [-0.05, 0) is 86.6 Å². The van der Waals surface area contributed by atoms with Crippen molar-refractivity contribution in [3.8, 4) is 22.6 Å². The van der Waals surface area contributed by atoms with Gasteiger partial charge in [-0.25, -0.2) is 0 Å². The van der Waals surface area contributed by atoms with E-state index in [-0.39, 0.29) is 5.75 Å². The lowest BCUT2D eigenvalue weighted by Crippen LogP contribution is -2.09. The lowest BCUT2D eigenvalue weighted by atomic mass is 9.89. The lowest BCUT2D eigenvalue weighted by Gasteiger charge is -2.26. The van der Waals surface area contributed by atoms with E-state index in [1.807, 2.05) is 48.7 Å². The Labute approximate surface area is 243 Å². The maximum absolute atomic E-state index is 10.3. The molecule has 0 fully saturated rings. The average Bonchev–Trinajstić information content (AvgIpc) is 3.04. The highest BCUT2D eigenvalue weighted by atomic mass is 16.5. The van der Waals surface area contributed by atoms with Crippen molar-refractivity contribution in [2.24, 2.45) is 0 Å². The van der Waals surface area contributed by atoms with Crippen molar-refractivity contribution in [1.29, 1.82) is 0 Å². The molecule has 1 heterocycles. The minimum atomic E-state index is 0.216. The van der Waals surface area contributed by atoms with Gasteiger partial charge in [-0.15, -0.1) is 0 Å². The predicted octanol–water partition coefficient (Wildman–Crippen LogP) is 9.98. The van der Waals surface area contributed by atoms with E-state index in [2.05, 4.69) is 77.7 Å². The summed E-state index contributed by atoms with van der Waals surface area (Å²) < 4.78 is 5.51.